The molecular formula is C21H24BrFN4O2. The number of anilines is 1. The van der Waals surface area contributed by atoms with Crippen molar-refractivity contribution in [3.8, 4) is 0 Å². The molecule has 2 aromatic carbocycles. The fourth-order valence-corrected chi connectivity index (χ4v) is 3.75. The number of amides is 3. The van der Waals surface area contributed by atoms with Crippen molar-refractivity contribution in [3.05, 3.63) is 63.9 Å². The summed E-state index contributed by atoms with van der Waals surface area (Å²) in [5.41, 5.74) is 8.11. The molecule has 154 valence electrons. The van der Waals surface area contributed by atoms with Crippen LogP contribution >= 0.6 is 15.9 Å². The highest BCUT2D eigenvalue weighted by Crippen LogP contribution is 2.23. The summed E-state index contributed by atoms with van der Waals surface area (Å²) in [7, 11) is 0. The van der Waals surface area contributed by atoms with Crippen molar-refractivity contribution in [2.24, 2.45) is 11.7 Å². The Morgan fingerprint density at radius 2 is 1.86 bits per heavy atom. The Bertz CT molecular complexity index is 875. The Morgan fingerprint density at radius 3 is 2.59 bits per heavy atom. The van der Waals surface area contributed by atoms with Crippen molar-refractivity contribution < 1.29 is 14.0 Å². The fraction of sp³-hybridized carbons (Fsp3) is 0.333. The van der Waals surface area contributed by atoms with Gasteiger partial charge in [0.1, 0.15) is 5.82 Å². The van der Waals surface area contributed by atoms with Gasteiger partial charge in [0.2, 0.25) is 5.91 Å². The largest absolute Gasteiger partial charge is 0.371 e. The van der Waals surface area contributed by atoms with Crippen LogP contribution in [0.25, 0.3) is 0 Å². The standard InChI is InChI=1S/C21H24BrFN4O2/c22-19-8-5-17(23)10-16(19)12-26-21(29)25-11-14-3-6-18(7-4-14)27-9-1-2-15(13-27)20(24)28/h3-8,10,15H,1-2,9,11-13H2,(H2,24,28)(H2,25,26,29). The Balaban J connectivity index is 1.48. The number of urea groups is 1. The molecule has 0 aromatic heterocycles. The minimum atomic E-state index is -0.346. The molecule has 3 amide bonds. The van der Waals surface area contributed by atoms with E-state index in [4.69, 9.17) is 5.73 Å². The highest BCUT2D eigenvalue weighted by atomic mass is 79.9. The normalized spacial score (nSPS) is 16.3. The molecule has 8 heteroatoms. The number of nitrogens with two attached hydrogens (primary N) is 1. The second-order valence-electron chi connectivity index (χ2n) is 7.13. The molecule has 0 spiro atoms. The summed E-state index contributed by atoms with van der Waals surface area (Å²) in [4.78, 5) is 25.6. The van der Waals surface area contributed by atoms with E-state index in [1.54, 1.807) is 6.07 Å². The van der Waals surface area contributed by atoms with Crippen LogP contribution in [0.4, 0.5) is 14.9 Å². The van der Waals surface area contributed by atoms with Crippen molar-refractivity contribution in [3.63, 3.8) is 0 Å². The van der Waals surface area contributed by atoms with Gasteiger partial charge in [-0.2, -0.15) is 0 Å². The van der Waals surface area contributed by atoms with Crippen LogP contribution in [0.2, 0.25) is 0 Å². The van der Waals surface area contributed by atoms with E-state index < -0.39 is 0 Å². The molecule has 2 aromatic rings. The first-order chi connectivity index (χ1) is 13.9. The Labute approximate surface area is 177 Å². The Kier molecular flexibility index (Phi) is 7.09. The van der Waals surface area contributed by atoms with Crippen LogP contribution in [-0.4, -0.2) is 25.0 Å². The molecule has 1 atom stereocenters. The third kappa shape index (κ3) is 5.93. The summed E-state index contributed by atoms with van der Waals surface area (Å²) in [5.74, 6) is -0.694. The summed E-state index contributed by atoms with van der Waals surface area (Å²) >= 11 is 3.34. The first-order valence-electron chi connectivity index (χ1n) is 9.51. The molecule has 1 fully saturated rings. The van der Waals surface area contributed by atoms with Crippen molar-refractivity contribution >= 4 is 33.6 Å². The molecule has 29 heavy (non-hydrogen) atoms. The van der Waals surface area contributed by atoms with Crippen LogP contribution in [-0.2, 0) is 17.9 Å². The number of hydrogen-bond acceptors (Lipinski definition) is 3. The van der Waals surface area contributed by atoms with Crippen LogP contribution in [0.15, 0.2) is 46.9 Å². The van der Waals surface area contributed by atoms with Gasteiger partial charge in [0.15, 0.2) is 0 Å². The van der Waals surface area contributed by atoms with Crippen molar-refractivity contribution in [2.75, 3.05) is 18.0 Å². The number of piperidine rings is 1. The predicted molar refractivity (Wildman–Crippen MR) is 114 cm³/mol. The molecule has 1 aliphatic heterocycles. The van der Waals surface area contributed by atoms with Gasteiger partial charge in [-0.1, -0.05) is 28.1 Å². The van der Waals surface area contributed by atoms with Gasteiger partial charge in [-0.25, -0.2) is 9.18 Å². The lowest BCUT2D eigenvalue weighted by molar-refractivity contribution is -0.122. The first-order valence-corrected chi connectivity index (χ1v) is 10.3. The fourth-order valence-electron chi connectivity index (χ4n) is 3.37. The Morgan fingerprint density at radius 1 is 1.14 bits per heavy atom. The van der Waals surface area contributed by atoms with Crippen LogP contribution in [0, 0.1) is 11.7 Å². The highest BCUT2D eigenvalue weighted by molar-refractivity contribution is 9.10. The second kappa shape index (κ2) is 9.73. The number of nitrogens with one attached hydrogen (secondary N) is 2. The number of primary amides is 1. The smallest absolute Gasteiger partial charge is 0.315 e. The predicted octanol–water partition coefficient (Wildman–Crippen LogP) is 3.29. The first kappa shape index (κ1) is 21.1. The summed E-state index contributed by atoms with van der Waals surface area (Å²) in [5, 5.41) is 5.51. The molecule has 4 N–H and O–H groups in total. The number of halogens is 2. The highest BCUT2D eigenvalue weighted by Gasteiger charge is 2.24. The summed E-state index contributed by atoms with van der Waals surface area (Å²) in [6.45, 7) is 2.14. The number of nitrogens with zero attached hydrogens (tertiary/aromatic N) is 1. The maximum atomic E-state index is 13.3. The quantitative estimate of drug-likeness (QED) is 0.615. The molecule has 0 radical (unpaired) electrons. The number of rotatable bonds is 6. The summed E-state index contributed by atoms with van der Waals surface area (Å²) in [6, 6.07) is 11.9. The molecule has 0 aliphatic carbocycles. The van der Waals surface area contributed by atoms with Gasteiger partial charge in [0, 0.05) is 36.3 Å². The van der Waals surface area contributed by atoms with Gasteiger partial charge in [0.25, 0.3) is 0 Å². The second-order valence-corrected chi connectivity index (χ2v) is 7.98. The van der Waals surface area contributed by atoms with E-state index in [-0.39, 0.29) is 30.2 Å². The topological polar surface area (TPSA) is 87.5 Å². The lowest BCUT2D eigenvalue weighted by Gasteiger charge is -2.33. The third-order valence-electron chi connectivity index (χ3n) is 5.03. The number of carbonyl (C=O) groups excluding carboxylic acids is 2. The zero-order chi connectivity index (χ0) is 20.8. The van der Waals surface area contributed by atoms with Gasteiger partial charge in [0.05, 0.1) is 5.92 Å². The van der Waals surface area contributed by atoms with Crippen molar-refractivity contribution in [1.82, 2.24) is 10.6 Å². The van der Waals surface area contributed by atoms with E-state index >= 15 is 0 Å². The zero-order valence-electron chi connectivity index (χ0n) is 16.0. The maximum absolute atomic E-state index is 13.3. The van der Waals surface area contributed by atoms with Crippen LogP contribution in [0.3, 0.4) is 0 Å². The van der Waals surface area contributed by atoms with Gasteiger partial charge in [-0.05, 0) is 54.3 Å². The molecule has 3 rings (SSSR count). The SMILES string of the molecule is NC(=O)C1CCCN(c2ccc(CNC(=O)NCc3cc(F)ccc3Br)cc2)C1. The zero-order valence-corrected chi connectivity index (χ0v) is 17.5. The molecule has 1 saturated heterocycles. The molecule has 0 saturated carbocycles. The minimum Gasteiger partial charge on any atom is -0.371 e. The molecule has 1 unspecified atom stereocenters. The number of carbonyl (C=O) groups is 2. The van der Waals surface area contributed by atoms with E-state index in [0.29, 0.717) is 18.7 Å². The van der Waals surface area contributed by atoms with E-state index in [1.165, 1.54) is 12.1 Å². The number of hydrogen-bond donors (Lipinski definition) is 3. The van der Waals surface area contributed by atoms with Gasteiger partial charge in [-0.3, -0.25) is 4.79 Å². The lowest BCUT2D eigenvalue weighted by atomic mass is 9.97. The van der Waals surface area contributed by atoms with E-state index in [9.17, 15) is 14.0 Å². The van der Waals surface area contributed by atoms with Crippen LogP contribution < -0.4 is 21.3 Å². The minimum absolute atomic E-state index is 0.105. The summed E-state index contributed by atoms with van der Waals surface area (Å²) < 4.78 is 14.0. The summed E-state index contributed by atoms with van der Waals surface area (Å²) in [6.07, 6.45) is 1.79. The Hall–Kier alpha value is -2.61. The van der Waals surface area contributed by atoms with Gasteiger partial charge < -0.3 is 21.3 Å². The van der Waals surface area contributed by atoms with Gasteiger partial charge >= 0.3 is 6.03 Å². The maximum Gasteiger partial charge on any atom is 0.315 e. The average molecular weight is 463 g/mol. The molecule has 1 aliphatic rings. The van der Waals surface area contributed by atoms with E-state index in [2.05, 4.69) is 31.5 Å². The van der Waals surface area contributed by atoms with Crippen LogP contribution in [0.1, 0.15) is 24.0 Å². The van der Waals surface area contributed by atoms with Crippen molar-refractivity contribution in [2.45, 2.75) is 25.9 Å². The molecule has 0 bridgehead atoms. The monoisotopic (exact) mass is 462 g/mol. The van der Waals surface area contributed by atoms with Crippen LogP contribution in [0.5, 0.6) is 0 Å². The number of benzene rings is 2. The molecular weight excluding hydrogens is 439 g/mol. The lowest BCUT2D eigenvalue weighted by Crippen LogP contribution is -2.41. The van der Waals surface area contributed by atoms with Crippen molar-refractivity contribution in [1.29, 1.82) is 0 Å². The van der Waals surface area contributed by atoms with E-state index in [0.717, 1.165) is 35.1 Å². The molecule has 6 nitrogen and oxygen atoms in total. The molecule has 1 heterocycles. The van der Waals surface area contributed by atoms with Gasteiger partial charge in [-0.15, -0.1) is 0 Å². The average Bonchev–Trinajstić information content (AvgIpc) is 2.73. The van der Waals surface area contributed by atoms with E-state index in [1.807, 2.05) is 24.3 Å². The third-order valence-corrected chi connectivity index (χ3v) is 5.80.